The van der Waals surface area contributed by atoms with E-state index in [0.29, 0.717) is 28.0 Å². The van der Waals surface area contributed by atoms with Crippen LogP contribution in [0.25, 0.3) is 5.69 Å². The van der Waals surface area contributed by atoms with Crippen molar-refractivity contribution in [2.45, 2.75) is 32.5 Å². The van der Waals surface area contributed by atoms with Crippen molar-refractivity contribution < 1.29 is 19.2 Å². The number of ether oxygens (including phenoxy) is 1. The van der Waals surface area contributed by atoms with Gasteiger partial charge in [0.05, 0.1) is 30.0 Å². The second kappa shape index (κ2) is 12.4. The van der Waals surface area contributed by atoms with E-state index in [-0.39, 0.29) is 29.5 Å². The molecule has 11 nitrogen and oxygen atoms in total. The topological polar surface area (TPSA) is 141 Å². The number of thioether (sulfide) groups is 1. The first-order valence-electron chi connectivity index (χ1n) is 12.3. The molecule has 1 heterocycles. The molecule has 4 rings (SSSR count). The van der Waals surface area contributed by atoms with Crippen molar-refractivity contribution in [3.8, 4) is 11.4 Å². The number of hydrogen-bond acceptors (Lipinski definition) is 8. The molecular weight excluding hydrogens is 532 g/mol. The maximum absolute atomic E-state index is 12.9. The van der Waals surface area contributed by atoms with Gasteiger partial charge in [-0.2, -0.15) is 0 Å². The number of nitro benzene ring substituents is 1. The zero-order valence-corrected chi connectivity index (χ0v) is 23.2. The van der Waals surface area contributed by atoms with E-state index in [1.807, 2.05) is 36.6 Å². The molecule has 0 radical (unpaired) electrons. The van der Waals surface area contributed by atoms with Crippen molar-refractivity contribution in [2.24, 2.45) is 0 Å². The molecule has 206 valence electrons. The van der Waals surface area contributed by atoms with Crippen LogP contribution in [0.1, 0.15) is 32.9 Å². The van der Waals surface area contributed by atoms with Crippen LogP contribution in [0.2, 0.25) is 0 Å². The van der Waals surface area contributed by atoms with Crippen molar-refractivity contribution in [1.82, 2.24) is 20.1 Å². The van der Waals surface area contributed by atoms with Gasteiger partial charge in [-0.1, -0.05) is 30.0 Å². The van der Waals surface area contributed by atoms with Crippen LogP contribution in [0, 0.1) is 30.9 Å². The second-order valence-corrected chi connectivity index (χ2v) is 9.97. The van der Waals surface area contributed by atoms with Gasteiger partial charge in [0.2, 0.25) is 5.91 Å². The zero-order chi connectivity index (χ0) is 28.8. The van der Waals surface area contributed by atoms with E-state index in [1.54, 1.807) is 38.3 Å². The third-order valence-electron chi connectivity index (χ3n) is 6.09. The first kappa shape index (κ1) is 28.3. The number of nitrogens with one attached hydrogen (secondary N) is 2. The number of rotatable bonds is 10. The summed E-state index contributed by atoms with van der Waals surface area (Å²) in [6.45, 7) is 5.55. The summed E-state index contributed by atoms with van der Waals surface area (Å²) in [5.41, 5.74) is 3.94. The Labute approximate surface area is 235 Å². The number of amides is 2. The van der Waals surface area contributed by atoms with E-state index in [4.69, 9.17) is 4.74 Å². The molecule has 0 aliphatic rings. The lowest BCUT2D eigenvalue weighted by atomic mass is 10.1. The van der Waals surface area contributed by atoms with Gasteiger partial charge in [0.15, 0.2) is 11.0 Å². The lowest BCUT2D eigenvalue weighted by Gasteiger charge is -2.14. The van der Waals surface area contributed by atoms with E-state index in [1.165, 1.54) is 30.0 Å². The average Bonchev–Trinajstić information content (AvgIpc) is 3.34. The number of hydrogen-bond donors (Lipinski definition) is 2. The standard InChI is InChI=1S/C28H28N6O5S/c1-17-5-6-18(2)23(13-17)33-25(15-29-27(36)20-8-7-19(3)24(14-20)34(37)38)31-32-28(33)40-16-26(35)30-21-9-11-22(39-4)12-10-21/h5-14H,15-16H2,1-4H3,(H,29,36)(H,30,35). The quantitative estimate of drug-likeness (QED) is 0.161. The summed E-state index contributed by atoms with van der Waals surface area (Å²) in [7, 11) is 1.57. The van der Waals surface area contributed by atoms with Crippen molar-refractivity contribution in [1.29, 1.82) is 0 Å². The maximum atomic E-state index is 12.9. The number of aryl methyl sites for hydroxylation is 3. The summed E-state index contributed by atoms with van der Waals surface area (Å²) in [6, 6.07) is 17.3. The number of aromatic nitrogens is 3. The van der Waals surface area contributed by atoms with Crippen LogP contribution in [-0.2, 0) is 11.3 Å². The molecular formula is C28H28N6O5S. The maximum Gasteiger partial charge on any atom is 0.273 e. The summed E-state index contributed by atoms with van der Waals surface area (Å²) in [4.78, 5) is 36.3. The first-order chi connectivity index (χ1) is 19.2. The number of benzene rings is 3. The number of carbonyl (C=O) groups is 2. The molecule has 1 aromatic heterocycles. The molecule has 0 unspecified atom stereocenters. The minimum Gasteiger partial charge on any atom is -0.497 e. The molecule has 12 heteroatoms. The fourth-order valence-corrected chi connectivity index (χ4v) is 4.68. The van der Waals surface area contributed by atoms with E-state index in [9.17, 15) is 19.7 Å². The summed E-state index contributed by atoms with van der Waals surface area (Å²) in [5, 5.41) is 26.0. The molecule has 0 fully saturated rings. The monoisotopic (exact) mass is 560 g/mol. The molecule has 4 aromatic rings. The SMILES string of the molecule is COc1ccc(NC(=O)CSc2nnc(CNC(=O)c3ccc(C)c([N+](=O)[O-])c3)n2-c2cc(C)ccc2C)cc1. The fraction of sp³-hybridized carbons (Fsp3) is 0.214. The van der Waals surface area contributed by atoms with Crippen molar-refractivity contribution in [3.63, 3.8) is 0 Å². The highest BCUT2D eigenvalue weighted by Gasteiger charge is 2.20. The third-order valence-corrected chi connectivity index (χ3v) is 7.02. The summed E-state index contributed by atoms with van der Waals surface area (Å²) < 4.78 is 6.96. The van der Waals surface area contributed by atoms with E-state index >= 15 is 0 Å². The normalized spacial score (nSPS) is 10.7. The van der Waals surface area contributed by atoms with Crippen molar-refractivity contribution >= 4 is 35.0 Å². The minimum absolute atomic E-state index is 0.0134. The Morgan fingerprint density at radius 3 is 2.42 bits per heavy atom. The van der Waals surface area contributed by atoms with Gasteiger partial charge in [-0.15, -0.1) is 10.2 Å². The second-order valence-electron chi connectivity index (χ2n) is 9.03. The molecule has 0 saturated carbocycles. The van der Waals surface area contributed by atoms with Gasteiger partial charge in [-0.3, -0.25) is 24.3 Å². The van der Waals surface area contributed by atoms with Crippen LogP contribution >= 0.6 is 11.8 Å². The van der Waals surface area contributed by atoms with Gasteiger partial charge in [0.1, 0.15) is 5.75 Å². The highest BCUT2D eigenvalue weighted by atomic mass is 32.2. The van der Waals surface area contributed by atoms with E-state index in [2.05, 4.69) is 20.8 Å². The molecule has 0 atom stereocenters. The Kier molecular flexibility index (Phi) is 8.80. The van der Waals surface area contributed by atoms with Crippen LogP contribution in [0.15, 0.2) is 65.8 Å². The lowest BCUT2D eigenvalue weighted by molar-refractivity contribution is -0.385. The number of nitrogens with zero attached hydrogens (tertiary/aromatic N) is 4. The molecule has 40 heavy (non-hydrogen) atoms. The predicted molar refractivity (Wildman–Crippen MR) is 152 cm³/mol. The third kappa shape index (κ3) is 6.64. The van der Waals surface area contributed by atoms with Crippen LogP contribution in [0.5, 0.6) is 5.75 Å². The van der Waals surface area contributed by atoms with Crippen molar-refractivity contribution in [3.05, 3.63) is 98.9 Å². The highest BCUT2D eigenvalue weighted by Crippen LogP contribution is 2.26. The summed E-state index contributed by atoms with van der Waals surface area (Å²) in [5.74, 6) is 0.512. The van der Waals surface area contributed by atoms with Crippen LogP contribution in [-0.4, -0.2) is 44.4 Å². The van der Waals surface area contributed by atoms with E-state index in [0.717, 1.165) is 16.8 Å². The van der Waals surface area contributed by atoms with Crippen LogP contribution < -0.4 is 15.4 Å². The Balaban J connectivity index is 1.54. The molecule has 0 bridgehead atoms. The number of carbonyl (C=O) groups excluding carboxylic acids is 2. The molecule has 0 aliphatic heterocycles. The van der Waals surface area contributed by atoms with Crippen LogP contribution in [0.4, 0.5) is 11.4 Å². The van der Waals surface area contributed by atoms with Crippen molar-refractivity contribution in [2.75, 3.05) is 18.2 Å². The molecule has 0 saturated heterocycles. The summed E-state index contributed by atoms with van der Waals surface area (Å²) in [6.07, 6.45) is 0. The smallest absolute Gasteiger partial charge is 0.273 e. The number of nitro groups is 1. The number of anilines is 1. The van der Waals surface area contributed by atoms with Gasteiger partial charge in [-0.25, -0.2) is 0 Å². The lowest BCUT2D eigenvalue weighted by Crippen LogP contribution is -2.25. The fourth-order valence-electron chi connectivity index (χ4n) is 3.92. The van der Waals surface area contributed by atoms with Crippen LogP contribution in [0.3, 0.4) is 0 Å². The first-order valence-corrected chi connectivity index (χ1v) is 13.3. The average molecular weight is 561 g/mol. The Morgan fingerprint density at radius 1 is 1.00 bits per heavy atom. The Bertz CT molecular complexity index is 1570. The summed E-state index contributed by atoms with van der Waals surface area (Å²) >= 11 is 1.21. The zero-order valence-electron chi connectivity index (χ0n) is 22.4. The Hall–Kier alpha value is -4.71. The van der Waals surface area contributed by atoms with Gasteiger partial charge in [-0.05, 0) is 68.3 Å². The van der Waals surface area contributed by atoms with Gasteiger partial charge < -0.3 is 15.4 Å². The van der Waals surface area contributed by atoms with Gasteiger partial charge >= 0.3 is 0 Å². The van der Waals surface area contributed by atoms with E-state index < -0.39 is 10.8 Å². The largest absolute Gasteiger partial charge is 0.497 e. The molecule has 2 N–H and O–H groups in total. The van der Waals surface area contributed by atoms with Gasteiger partial charge in [0.25, 0.3) is 11.6 Å². The molecule has 3 aromatic carbocycles. The highest BCUT2D eigenvalue weighted by molar-refractivity contribution is 7.99. The van der Waals surface area contributed by atoms with Gasteiger partial charge in [0, 0.05) is 22.9 Å². The molecule has 0 spiro atoms. The molecule has 2 amide bonds. The number of methoxy groups -OCH3 is 1. The predicted octanol–water partition coefficient (Wildman–Crippen LogP) is 4.77. The molecule has 0 aliphatic carbocycles. The minimum atomic E-state index is -0.516. The Morgan fingerprint density at radius 2 is 1.73 bits per heavy atom.